The molecule has 2 aromatic heterocycles. The van der Waals surface area contributed by atoms with Crippen molar-refractivity contribution < 1.29 is 14.0 Å². The highest BCUT2D eigenvalue weighted by molar-refractivity contribution is 7.99. The Morgan fingerprint density at radius 3 is 3.13 bits per heavy atom. The summed E-state index contributed by atoms with van der Waals surface area (Å²) in [5, 5.41) is 4.06. The van der Waals surface area contributed by atoms with E-state index in [2.05, 4.69) is 27.1 Å². The van der Waals surface area contributed by atoms with Gasteiger partial charge in [-0.3, -0.25) is 4.90 Å². The lowest BCUT2D eigenvalue weighted by atomic mass is 10.2. The third-order valence-electron chi connectivity index (χ3n) is 4.04. The van der Waals surface area contributed by atoms with Crippen LogP contribution in [-0.4, -0.2) is 57.8 Å². The molecular formula is C15H18N4O3S. The largest absolute Gasteiger partial charge is 0.484 e. The van der Waals surface area contributed by atoms with Crippen molar-refractivity contribution in [2.75, 3.05) is 31.8 Å². The van der Waals surface area contributed by atoms with Gasteiger partial charge < -0.3 is 14.0 Å². The number of aromatic nitrogens is 3. The van der Waals surface area contributed by atoms with Gasteiger partial charge in [0.05, 0.1) is 6.54 Å². The molecule has 1 unspecified atom stereocenters. The summed E-state index contributed by atoms with van der Waals surface area (Å²) in [6.07, 6.45) is 2.90. The number of thioether (sulfide) groups is 1. The zero-order valence-corrected chi connectivity index (χ0v) is 13.7. The van der Waals surface area contributed by atoms with Gasteiger partial charge in [0.1, 0.15) is 13.2 Å². The van der Waals surface area contributed by atoms with Crippen LogP contribution in [0.5, 0.6) is 11.6 Å². The van der Waals surface area contributed by atoms with E-state index in [1.807, 2.05) is 17.8 Å². The van der Waals surface area contributed by atoms with Crippen molar-refractivity contribution >= 4 is 11.8 Å². The van der Waals surface area contributed by atoms with Crippen LogP contribution < -0.4 is 9.47 Å². The Hall–Kier alpha value is -1.80. The lowest BCUT2D eigenvalue weighted by Gasteiger charge is -2.21. The maximum absolute atomic E-state index is 5.54. The lowest BCUT2D eigenvalue weighted by Crippen LogP contribution is -2.30. The molecule has 0 saturated carbocycles. The molecule has 23 heavy (non-hydrogen) atoms. The number of rotatable bonds is 4. The number of nitrogens with zero attached hydrogens (tertiary/aromatic N) is 4. The van der Waals surface area contributed by atoms with Gasteiger partial charge in [-0.05, 0) is 25.3 Å². The Balaban J connectivity index is 1.49. The van der Waals surface area contributed by atoms with Crippen LogP contribution in [0.4, 0.5) is 0 Å². The van der Waals surface area contributed by atoms with Gasteiger partial charge in [0.2, 0.25) is 11.7 Å². The minimum Gasteiger partial charge on any atom is -0.484 e. The van der Waals surface area contributed by atoms with E-state index in [4.69, 9.17) is 14.0 Å². The Labute approximate surface area is 138 Å². The Morgan fingerprint density at radius 1 is 1.35 bits per heavy atom. The third kappa shape index (κ3) is 3.13. The maximum atomic E-state index is 5.54. The quantitative estimate of drug-likeness (QED) is 0.838. The molecule has 8 heteroatoms. The summed E-state index contributed by atoms with van der Waals surface area (Å²) in [7, 11) is 2.10. The van der Waals surface area contributed by atoms with Crippen LogP contribution >= 0.6 is 11.8 Å². The molecule has 4 rings (SSSR count). The topological polar surface area (TPSA) is 73.5 Å². The molecule has 1 fully saturated rings. The first-order valence-electron chi connectivity index (χ1n) is 7.66. The molecule has 0 aromatic carbocycles. The minimum absolute atomic E-state index is 0.516. The molecule has 7 nitrogen and oxygen atoms in total. The van der Waals surface area contributed by atoms with Gasteiger partial charge in [0.25, 0.3) is 5.88 Å². The van der Waals surface area contributed by atoms with Gasteiger partial charge >= 0.3 is 0 Å². The fourth-order valence-corrected chi connectivity index (χ4v) is 4.00. The first-order chi connectivity index (χ1) is 11.3. The summed E-state index contributed by atoms with van der Waals surface area (Å²) in [5.41, 5.74) is 0.767. The van der Waals surface area contributed by atoms with Gasteiger partial charge in [-0.2, -0.15) is 16.7 Å². The second-order valence-corrected chi connectivity index (χ2v) is 6.82. The molecular weight excluding hydrogens is 316 g/mol. The highest BCUT2D eigenvalue weighted by Gasteiger charge is 2.22. The van der Waals surface area contributed by atoms with Gasteiger partial charge in [0, 0.05) is 23.6 Å². The van der Waals surface area contributed by atoms with Crippen LogP contribution in [0.1, 0.15) is 12.3 Å². The molecule has 0 aliphatic carbocycles. The number of hydrogen-bond acceptors (Lipinski definition) is 8. The average molecular weight is 334 g/mol. The van der Waals surface area contributed by atoms with E-state index in [1.165, 1.54) is 17.9 Å². The fraction of sp³-hybridized carbons (Fsp3) is 0.533. The Bertz CT molecular complexity index is 687. The van der Waals surface area contributed by atoms with Crippen molar-refractivity contribution in [3.63, 3.8) is 0 Å². The van der Waals surface area contributed by atoms with Crippen LogP contribution in [0.25, 0.3) is 11.4 Å². The van der Waals surface area contributed by atoms with E-state index >= 15 is 0 Å². The van der Waals surface area contributed by atoms with E-state index in [1.54, 1.807) is 6.20 Å². The number of fused-ring (bicyclic) bond motifs is 1. The summed E-state index contributed by atoms with van der Waals surface area (Å²) in [6.45, 7) is 1.72. The standard InChI is InChI=1S/C15H18N4O3S/c1-19(11-2-5-23-9-11)8-13-17-14(18-22-13)10-6-12-15(16-7-10)21-4-3-20-12/h6-7,11H,2-5,8-9H2,1H3. The van der Waals surface area contributed by atoms with Crippen molar-refractivity contribution in [2.24, 2.45) is 0 Å². The molecule has 0 amide bonds. The summed E-state index contributed by atoms with van der Waals surface area (Å²) in [4.78, 5) is 11.0. The zero-order valence-electron chi connectivity index (χ0n) is 12.9. The second kappa shape index (κ2) is 6.37. The van der Waals surface area contributed by atoms with Crippen molar-refractivity contribution in [1.82, 2.24) is 20.0 Å². The fourth-order valence-electron chi connectivity index (χ4n) is 2.70. The molecule has 0 spiro atoms. The Morgan fingerprint density at radius 2 is 2.26 bits per heavy atom. The molecule has 2 aliphatic heterocycles. The minimum atomic E-state index is 0.516. The van der Waals surface area contributed by atoms with Crippen molar-refractivity contribution in [3.05, 3.63) is 18.2 Å². The summed E-state index contributed by atoms with van der Waals surface area (Å²) < 4.78 is 16.3. The van der Waals surface area contributed by atoms with Gasteiger partial charge in [-0.1, -0.05) is 5.16 Å². The molecule has 0 bridgehead atoms. The molecule has 122 valence electrons. The van der Waals surface area contributed by atoms with E-state index in [-0.39, 0.29) is 0 Å². The first-order valence-corrected chi connectivity index (χ1v) is 8.81. The van der Waals surface area contributed by atoms with E-state index < -0.39 is 0 Å². The Kier molecular flexibility index (Phi) is 4.09. The highest BCUT2D eigenvalue weighted by atomic mass is 32.2. The highest BCUT2D eigenvalue weighted by Crippen LogP contribution is 2.31. The molecule has 2 aromatic rings. The van der Waals surface area contributed by atoms with E-state index in [0.717, 1.165) is 5.56 Å². The predicted octanol–water partition coefficient (Wildman–Crippen LogP) is 1.84. The van der Waals surface area contributed by atoms with Crippen LogP contribution in [-0.2, 0) is 6.54 Å². The molecule has 1 saturated heterocycles. The van der Waals surface area contributed by atoms with Crippen LogP contribution in [0, 0.1) is 0 Å². The third-order valence-corrected chi connectivity index (χ3v) is 5.18. The SMILES string of the molecule is CN(Cc1nc(-c2cnc3c(c2)OCCO3)no1)C1CCSC1. The van der Waals surface area contributed by atoms with E-state index in [0.29, 0.717) is 49.1 Å². The van der Waals surface area contributed by atoms with Crippen molar-refractivity contribution in [3.8, 4) is 23.0 Å². The zero-order chi connectivity index (χ0) is 15.6. The summed E-state index contributed by atoms with van der Waals surface area (Å²) in [6, 6.07) is 2.43. The monoisotopic (exact) mass is 334 g/mol. The summed E-state index contributed by atoms with van der Waals surface area (Å²) >= 11 is 1.99. The molecule has 2 aliphatic rings. The summed E-state index contributed by atoms with van der Waals surface area (Å²) in [5.74, 6) is 4.69. The van der Waals surface area contributed by atoms with Gasteiger partial charge in [0.15, 0.2) is 5.75 Å². The molecule has 4 heterocycles. The average Bonchev–Trinajstić information content (AvgIpc) is 3.26. The maximum Gasteiger partial charge on any atom is 0.257 e. The van der Waals surface area contributed by atoms with Crippen molar-refractivity contribution in [2.45, 2.75) is 19.0 Å². The number of hydrogen-bond donors (Lipinski definition) is 0. The van der Waals surface area contributed by atoms with Crippen LogP contribution in [0.3, 0.4) is 0 Å². The van der Waals surface area contributed by atoms with Crippen molar-refractivity contribution in [1.29, 1.82) is 0 Å². The van der Waals surface area contributed by atoms with Gasteiger partial charge in [-0.15, -0.1) is 0 Å². The number of ether oxygens (including phenoxy) is 2. The molecule has 0 radical (unpaired) electrons. The second-order valence-electron chi connectivity index (χ2n) is 5.67. The smallest absolute Gasteiger partial charge is 0.257 e. The van der Waals surface area contributed by atoms with Gasteiger partial charge in [-0.25, -0.2) is 4.98 Å². The van der Waals surface area contributed by atoms with Crippen LogP contribution in [0.15, 0.2) is 16.8 Å². The first kappa shape index (κ1) is 14.8. The molecule has 0 N–H and O–H groups in total. The van der Waals surface area contributed by atoms with Crippen LogP contribution in [0.2, 0.25) is 0 Å². The normalized spacial score (nSPS) is 20.2. The lowest BCUT2D eigenvalue weighted by molar-refractivity contribution is 0.164. The predicted molar refractivity (Wildman–Crippen MR) is 85.7 cm³/mol. The van der Waals surface area contributed by atoms with E-state index in [9.17, 15) is 0 Å². The number of pyridine rings is 1. The molecule has 1 atom stereocenters.